The molecule has 0 radical (unpaired) electrons. The number of guanidine groups is 1. The molecule has 150 valence electrons. The maximum Gasteiger partial charge on any atom is 0.218 e. The van der Waals surface area contributed by atoms with Crippen LogP contribution in [-0.4, -0.2) is 60.3 Å². The van der Waals surface area contributed by atoms with Crippen LogP contribution >= 0.6 is 0 Å². The highest BCUT2D eigenvalue weighted by atomic mass is 16.5. The van der Waals surface area contributed by atoms with Crippen LogP contribution in [0, 0.1) is 0 Å². The second kappa shape index (κ2) is 9.82. The highest BCUT2D eigenvalue weighted by molar-refractivity contribution is 5.80. The van der Waals surface area contributed by atoms with Crippen molar-refractivity contribution in [3.8, 4) is 11.6 Å². The summed E-state index contributed by atoms with van der Waals surface area (Å²) in [5, 5.41) is 13.5. The van der Waals surface area contributed by atoms with Crippen molar-refractivity contribution in [2.75, 3.05) is 44.2 Å². The lowest BCUT2D eigenvalue weighted by Gasteiger charge is -2.37. The molecule has 0 spiro atoms. The average Bonchev–Trinajstić information content (AvgIpc) is 2.73. The minimum absolute atomic E-state index is 0.330. The molecule has 1 aliphatic heterocycles. The molecule has 0 bridgehead atoms. The Labute approximate surface area is 166 Å². The van der Waals surface area contributed by atoms with Gasteiger partial charge in [0, 0.05) is 44.5 Å². The second-order valence-corrected chi connectivity index (χ2v) is 6.53. The Balaban J connectivity index is 1.66. The highest BCUT2D eigenvalue weighted by Crippen LogP contribution is 2.27. The predicted molar refractivity (Wildman–Crippen MR) is 112 cm³/mol. The summed E-state index contributed by atoms with van der Waals surface area (Å²) in [6.07, 6.45) is 1.74. The molecule has 1 aromatic carbocycles. The van der Waals surface area contributed by atoms with Crippen molar-refractivity contribution in [3.63, 3.8) is 0 Å². The SMILES string of the molecule is CCNC(=NCc1cccnc1OCC)N1CCN(c2ccccc2O)CC1. The van der Waals surface area contributed by atoms with Crippen LogP contribution in [0.25, 0.3) is 0 Å². The van der Waals surface area contributed by atoms with Crippen molar-refractivity contribution in [2.24, 2.45) is 4.99 Å². The monoisotopic (exact) mass is 383 g/mol. The molecule has 0 unspecified atom stereocenters. The summed E-state index contributed by atoms with van der Waals surface area (Å²) in [5.74, 6) is 1.87. The Morgan fingerprint density at radius 1 is 1.14 bits per heavy atom. The van der Waals surface area contributed by atoms with Crippen molar-refractivity contribution in [1.82, 2.24) is 15.2 Å². The molecule has 1 saturated heterocycles. The summed E-state index contributed by atoms with van der Waals surface area (Å²) in [5.41, 5.74) is 1.87. The van der Waals surface area contributed by atoms with E-state index in [0.717, 1.165) is 49.9 Å². The Morgan fingerprint density at radius 3 is 2.64 bits per heavy atom. The minimum atomic E-state index is 0.330. The van der Waals surface area contributed by atoms with Gasteiger partial charge in [0.25, 0.3) is 0 Å². The number of aliphatic imine (C=N–C) groups is 1. The van der Waals surface area contributed by atoms with Crippen LogP contribution in [0.2, 0.25) is 0 Å². The van der Waals surface area contributed by atoms with Gasteiger partial charge in [-0.3, -0.25) is 0 Å². The van der Waals surface area contributed by atoms with Gasteiger partial charge in [0.15, 0.2) is 5.96 Å². The van der Waals surface area contributed by atoms with Gasteiger partial charge in [-0.05, 0) is 32.0 Å². The van der Waals surface area contributed by atoms with Gasteiger partial charge in [-0.15, -0.1) is 0 Å². The number of rotatable bonds is 6. The molecule has 7 nitrogen and oxygen atoms in total. The number of benzene rings is 1. The summed E-state index contributed by atoms with van der Waals surface area (Å²) >= 11 is 0. The molecule has 2 heterocycles. The number of hydrogen-bond acceptors (Lipinski definition) is 5. The van der Waals surface area contributed by atoms with Gasteiger partial charge < -0.3 is 25.0 Å². The molecule has 0 aliphatic carbocycles. The van der Waals surface area contributed by atoms with Gasteiger partial charge in [0.1, 0.15) is 5.75 Å². The first-order valence-electron chi connectivity index (χ1n) is 9.85. The Kier molecular flexibility index (Phi) is 6.94. The quantitative estimate of drug-likeness (QED) is 0.590. The number of aromatic hydroxyl groups is 1. The number of para-hydroxylation sites is 2. The Bertz CT molecular complexity index is 788. The molecule has 7 heteroatoms. The molecule has 28 heavy (non-hydrogen) atoms. The number of nitrogens with one attached hydrogen (secondary N) is 1. The third-order valence-electron chi connectivity index (χ3n) is 4.67. The fraction of sp³-hybridized carbons (Fsp3) is 0.429. The molecule has 0 amide bonds. The summed E-state index contributed by atoms with van der Waals surface area (Å²) in [6, 6.07) is 11.4. The van der Waals surface area contributed by atoms with E-state index < -0.39 is 0 Å². The van der Waals surface area contributed by atoms with Crippen LogP contribution in [0.5, 0.6) is 11.6 Å². The molecule has 1 aromatic heterocycles. The van der Waals surface area contributed by atoms with E-state index in [4.69, 9.17) is 9.73 Å². The third-order valence-corrected chi connectivity index (χ3v) is 4.67. The summed E-state index contributed by atoms with van der Waals surface area (Å²) < 4.78 is 5.60. The van der Waals surface area contributed by atoms with Gasteiger partial charge in [-0.2, -0.15) is 0 Å². The Morgan fingerprint density at radius 2 is 1.93 bits per heavy atom. The number of pyridine rings is 1. The van der Waals surface area contributed by atoms with Crippen molar-refractivity contribution in [3.05, 3.63) is 48.2 Å². The van der Waals surface area contributed by atoms with Gasteiger partial charge >= 0.3 is 0 Å². The van der Waals surface area contributed by atoms with E-state index in [0.29, 0.717) is 24.8 Å². The number of aromatic nitrogens is 1. The first kappa shape index (κ1) is 19.8. The zero-order valence-electron chi connectivity index (χ0n) is 16.6. The van der Waals surface area contributed by atoms with E-state index in [1.807, 2.05) is 37.3 Å². The average molecular weight is 383 g/mol. The van der Waals surface area contributed by atoms with E-state index in [1.54, 1.807) is 12.3 Å². The lowest BCUT2D eigenvalue weighted by atomic mass is 10.2. The van der Waals surface area contributed by atoms with Crippen LogP contribution in [0.15, 0.2) is 47.6 Å². The van der Waals surface area contributed by atoms with Crippen LogP contribution in [0.4, 0.5) is 5.69 Å². The summed E-state index contributed by atoms with van der Waals surface area (Å²) in [7, 11) is 0. The maximum absolute atomic E-state index is 10.1. The van der Waals surface area contributed by atoms with Crippen LogP contribution in [-0.2, 0) is 6.54 Å². The third kappa shape index (κ3) is 4.85. The van der Waals surface area contributed by atoms with Crippen molar-refractivity contribution in [2.45, 2.75) is 20.4 Å². The van der Waals surface area contributed by atoms with E-state index in [-0.39, 0.29) is 0 Å². The number of piperazine rings is 1. The number of phenols is 1. The molecule has 1 aliphatic rings. The maximum atomic E-state index is 10.1. The smallest absolute Gasteiger partial charge is 0.218 e. The van der Waals surface area contributed by atoms with E-state index in [2.05, 4.69) is 27.0 Å². The first-order valence-corrected chi connectivity index (χ1v) is 9.85. The molecule has 3 rings (SSSR count). The van der Waals surface area contributed by atoms with Gasteiger partial charge in [-0.25, -0.2) is 9.98 Å². The normalized spacial score (nSPS) is 14.9. The number of ether oxygens (including phenoxy) is 1. The molecular weight excluding hydrogens is 354 g/mol. The van der Waals surface area contributed by atoms with Crippen molar-refractivity contribution < 1.29 is 9.84 Å². The molecule has 1 fully saturated rings. The van der Waals surface area contributed by atoms with Crippen LogP contribution < -0.4 is 15.0 Å². The van der Waals surface area contributed by atoms with Crippen LogP contribution in [0.1, 0.15) is 19.4 Å². The highest BCUT2D eigenvalue weighted by Gasteiger charge is 2.21. The topological polar surface area (TPSA) is 73.2 Å². The fourth-order valence-electron chi connectivity index (χ4n) is 3.29. The standard InChI is InChI=1S/C21H29N5O2/c1-3-22-21(24-16-17-8-7-11-23-20(17)28-4-2)26-14-12-25(13-15-26)18-9-5-6-10-19(18)27/h5-11,27H,3-4,12-16H2,1-2H3,(H,22,24). The summed E-state index contributed by atoms with van der Waals surface area (Å²) in [6.45, 7) is 9.28. The molecule has 2 aromatic rings. The van der Waals surface area contributed by atoms with Gasteiger partial charge in [0.05, 0.1) is 18.8 Å². The number of phenolic OH excluding ortho intramolecular Hbond substituents is 1. The zero-order chi connectivity index (χ0) is 19.8. The predicted octanol–water partition coefficient (Wildman–Crippen LogP) is 2.47. The van der Waals surface area contributed by atoms with Crippen LogP contribution in [0.3, 0.4) is 0 Å². The summed E-state index contributed by atoms with van der Waals surface area (Å²) in [4.78, 5) is 13.6. The Hall–Kier alpha value is -2.96. The molecular formula is C21H29N5O2. The molecule has 0 saturated carbocycles. The van der Waals surface area contributed by atoms with Crippen molar-refractivity contribution >= 4 is 11.6 Å². The fourth-order valence-corrected chi connectivity index (χ4v) is 3.29. The first-order chi connectivity index (χ1) is 13.7. The van der Waals surface area contributed by atoms with E-state index in [9.17, 15) is 5.11 Å². The molecule has 2 N–H and O–H groups in total. The van der Waals surface area contributed by atoms with E-state index in [1.165, 1.54) is 0 Å². The molecule has 0 atom stereocenters. The largest absolute Gasteiger partial charge is 0.506 e. The van der Waals surface area contributed by atoms with Gasteiger partial charge in [-0.1, -0.05) is 18.2 Å². The number of anilines is 1. The minimum Gasteiger partial charge on any atom is -0.506 e. The number of hydrogen-bond donors (Lipinski definition) is 2. The van der Waals surface area contributed by atoms with Gasteiger partial charge in [0.2, 0.25) is 5.88 Å². The van der Waals surface area contributed by atoms with E-state index >= 15 is 0 Å². The lowest BCUT2D eigenvalue weighted by molar-refractivity contribution is 0.323. The second-order valence-electron chi connectivity index (χ2n) is 6.53. The zero-order valence-corrected chi connectivity index (χ0v) is 16.6. The lowest BCUT2D eigenvalue weighted by Crippen LogP contribution is -2.52. The van der Waals surface area contributed by atoms with Crippen molar-refractivity contribution in [1.29, 1.82) is 0 Å². The number of nitrogens with zero attached hydrogens (tertiary/aromatic N) is 4.